The Bertz CT molecular complexity index is 1420. The molecule has 174 valence electrons. The Labute approximate surface area is 203 Å². The van der Waals surface area contributed by atoms with Gasteiger partial charge in [-0.2, -0.15) is 0 Å². The van der Waals surface area contributed by atoms with E-state index in [4.69, 9.17) is 0 Å². The molecule has 0 radical (unpaired) electrons. The second-order valence-corrected chi connectivity index (χ2v) is 8.54. The first-order valence-corrected chi connectivity index (χ1v) is 11.4. The summed E-state index contributed by atoms with van der Waals surface area (Å²) in [7, 11) is 0. The van der Waals surface area contributed by atoms with Gasteiger partial charge in [0.2, 0.25) is 0 Å². The highest BCUT2D eigenvalue weighted by atomic mass is 19.1. The number of para-hydroxylation sites is 3. The number of fused-ring (bicyclic) bond motifs is 2. The molecule has 6 heteroatoms. The lowest BCUT2D eigenvalue weighted by Gasteiger charge is -2.25. The van der Waals surface area contributed by atoms with E-state index in [1.807, 2.05) is 55.5 Å². The summed E-state index contributed by atoms with van der Waals surface area (Å²) in [4.78, 5) is 28.4. The Hall–Kier alpha value is -4.45. The van der Waals surface area contributed by atoms with Crippen molar-refractivity contribution in [3.05, 3.63) is 119 Å². The van der Waals surface area contributed by atoms with Crippen molar-refractivity contribution in [1.82, 2.24) is 0 Å². The van der Waals surface area contributed by atoms with E-state index in [1.165, 1.54) is 12.1 Å². The maximum atomic E-state index is 13.9. The quantitative estimate of drug-likeness (QED) is 0.358. The van der Waals surface area contributed by atoms with Crippen molar-refractivity contribution in [3.8, 4) is 0 Å². The Morgan fingerprint density at radius 2 is 1.60 bits per heavy atom. The van der Waals surface area contributed by atoms with Crippen LogP contribution in [-0.4, -0.2) is 11.8 Å². The minimum Gasteiger partial charge on any atom is -0.379 e. The Morgan fingerprint density at radius 1 is 0.857 bits per heavy atom. The molecule has 1 heterocycles. The third-order valence-corrected chi connectivity index (χ3v) is 6.28. The summed E-state index contributed by atoms with van der Waals surface area (Å²) < 4.78 is 13.9. The number of nitrogens with one attached hydrogen (secondary N) is 2. The fraction of sp³-hybridized carbons (Fsp3) is 0.103. The van der Waals surface area contributed by atoms with E-state index in [-0.39, 0.29) is 11.5 Å². The van der Waals surface area contributed by atoms with E-state index in [0.717, 1.165) is 28.2 Å². The van der Waals surface area contributed by atoms with Gasteiger partial charge in [-0.25, -0.2) is 4.39 Å². The van der Waals surface area contributed by atoms with Crippen molar-refractivity contribution in [3.63, 3.8) is 0 Å². The maximum Gasteiger partial charge on any atom is 0.263 e. The normalized spacial score (nSPS) is 12.1. The summed E-state index contributed by atoms with van der Waals surface area (Å²) in [5.74, 6) is -0.992. The van der Waals surface area contributed by atoms with E-state index < -0.39 is 11.7 Å². The van der Waals surface area contributed by atoms with Crippen molar-refractivity contribution in [2.45, 2.75) is 20.4 Å². The highest BCUT2D eigenvalue weighted by Gasteiger charge is 2.27. The molecule has 0 fully saturated rings. The number of rotatable bonds is 3. The van der Waals surface area contributed by atoms with E-state index in [0.29, 0.717) is 23.4 Å². The van der Waals surface area contributed by atoms with Gasteiger partial charge in [0.25, 0.3) is 11.8 Å². The van der Waals surface area contributed by atoms with Crippen molar-refractivity contribution in [1.29, 1.82) is 0 Å². The van der Waals surface area contributed by atoms with Crippen LogP contribution < -0.4 is 15.5 Å². The zero-order valence-corrected chi connectivity index (χ0v) is 19.4. The van der Waals surface area contributed by atoms with Crippen molar-refractivity contribution in [2.24, 2.45) is 0 Å². The van der Waals surface area contributed by atoms with Crippen LogP contribution in [0.3, 0.4) is 0 Å². The lowest BCUT2D eigenvalue weighted by atomic mass is 10.0. The van der Waals surface area contributed by atoms with Crippen LogP contribution in [-0.2, 0) is 6.54 Å². The Kier molecular flexibility index (Phi) is 5.79. The molecule has 2 amide bonds. The standard InChI is InChI=1S/C29H24FN3O2/c1-18-16-21(32-28(34)23-9-7-10-24(30)19(23)2)14-15-22(18)29(35)33-26-12-5-3-8-20(26)17-31-25-11-4-6-13-27(25)33/h3-16,31H,17H2,1-2H3,(H,32,34). The van der Waals surface area contributed by atoms with Crippen LogP contribution in [0.2, 0.25) is 0 Å². The molecular formula is C29H24FN3O2. The molecule has 0 saturated carbocycles. The number of hydrogen-bond acceptors (Lipinski definition) is 3. The Morgan fingerprint density at radius 3 is 2.40 bits per heavy atom. The first-order chi connectivity index (χ1) is 16.9. The molecule has 0 aromatic heterocycles. The molecule has 2 N–H and O–H groups in total. The van der Waals surface area contributed by atoms with E-state index in [9.17, 15) is 14.0 Å². The molecule has 1 aliphatic heterocycles. The number of hydrogen-bond donors (Lipinski definition) is 2. The van der Waals surface area contributed by atoms with Crippen molar-refractivity contribution < 1.29 is 14.0 Å². The van der Waals surface area contributed by atoms with E-state index >= 15 is 0 Å². The van der Waals surface area contributed by atoms with Crippen LogP contribution in [0.4, 0.5) is 27.1 Å². The average molecular weight is 466 g/mol. The molecule has 5 rings (SSSR count). The van der Waals surface area contributed by atoms with Gasteiger partial charge in [0.1, 0.15) is 5.82 Å². The summed E-state index contributed by atoms with van der Waals surface area (Å²) in [6.07, 6.45) is 0. The predicted molar refractivity (Wildman–Crippen MR) is 137 cm³/mol. The van der Waals surface area contributed by atoms with Gasteiger partial charge in [0, 0.05) is 23.4 Å². The van der Waals surface area contributed by atoms with Gasteiger partial charge in [-0.3, -0.25) is 14.5 Å². The molecule has 0 unspecified atom stereocenters. The van der Waals surface area contributed by atoms with Gasteiger partial charge in [-0.1, -0.05) is 36.4 Å². The molecule has 0 saturated heterocycles. The van der Waals surface area contributed by atoms with Gasteiger partial charge >= 0.3 is 0 Å². The fourth-order valence-corrected chi connectivity index (χ4v) is 4.39. The molecule has 4 aromatic carbocycles. The van der Waals surface area contributed by atoms with Crippen LogP contribution in [0, 0.1) is 19.7 Å². The molecule has 0 bridgehead atoms. The summed E-state index contributed by atoms with van der Waals surface area (Å²) in [6.45, 7) is 4.02. The minimum atomic E-state index is -0.428. The van der Waals surface area contributed by atoms with Gasteiger partial charge in [0.15, 0.2) is 0 Å². The molecule has 4 aromatic rings. The first kappa shape index (κ1) is 22.3. The van der Waals surface area contributed by atoms with Gasteiger partial charge in [-0.15, -0.1) is 0 Å². The molecular weight excluding hydrogens is 441 g/mol. The summed E-state index contributed by atoms with van der Waals surface area (Å²) >= 11 is 0. The fourth-order valence-electron chi connectivity index (χ4n) is 4.39. The lowest BCUT2D eigenvalue weighted by Crippen LogP contribution is -2.27. The van der Waals surface area contributed by atoms with E-state index in [1.54, 1.807) is 36.1 Å². The zero-order chi connectivity index (χ0) is 24.5. The van der Waals surface area contributed by atoms with Crippen LogP contribution in [0.1, 0.15) is 37.4 Å². The number of nitrogens with zero attached hydrogens (tertiary/aromatic N) is 1. The van der Waals surface area contributed by atoms with Crippen LogP contribution in [0.5, 0.6) is 0 Å². The predicted octanol–water partition coefficient (Wildman–Crippen LogP) is 6.60. The maximum absolute atomic E-state index is 13.9. The van der Waals surface area contributed by atoms with Gasteiger partial charge < -0.3 is 10.6 Å². The second-order valence-electron chi connectivity index (χ2n) is 8.54. The number of amides is 2. The average Bonchev–Trinajstić information content (AvgIpc) is 3.02. The molecule has 0 spiro atoms. The summed E-state index contributed by atoms with van der Waals surface area (Å²) in [5.41, 5.74) is 5.84. The topological polar surface area (TPSA) is 61.4 Å². The summed E-state index contributed by atoms with van der Waals surface area (Å²) in [6, 6.07) is 25.2. The number of halogens is 1. The Balaban J connectivity index is 1.48. The second kappa shape index (κ2) is 9.06. The molecule has 5 nitrogen and oxygen atoms in total. The van der Waals surface area contributed by atoms with Crippen LogP contribution >= 0.6 is 0 Å². The molecule has 0 aliphatic carbocycles. The third kappa shape index (κ3) is 4.15. The minimum absolute atomic E-state index is 0.162. The first-order valence-electron chi connectivity index (χ1n) is 11.4. The molecule has 1 aliphatic rings. The van der Waals surface area contributed by atoms with Crippen LogP contribution in [0.15, 0.2) is 84.9 Å². The zero-order valence-electron chi connectivity index (χ0n) is 19.4. The smallest absolute Gasteiger partial charge is 0.263 e. The molecule has 35 heavy (non-hydrogen) atoms. The molecule has 0 atom stereocenters. The number of anilines is 4. The monoisotopic (exact) mass is 465 g/mol. The largest absolute Gasteiger partial charge is 0.379 e. The highest BCUT2D eigenvalue weighted by molar-refractivity contribution is 6.14. The van der Waals surface area contributed by atoms with Gasteiger partial charge in [0.05, 0.1) is 17.1 Å². The van der Waals surface area contributed by atoms with Crippen molar-refractivity contribution in [2.75, 3.05) is 15.5 Å². The van der Waals surface area contributed by atoms with Gasteiger partial charge in [-0.05, 0) is 79.1 Å². The highest BCUT2D eigenvalue weighted by Crippen LogP contribution is 2.39. The summed E-state index contributed by atoms with van der Waals surface area (Å²) in [5, 5.41) is 6.23. The number of carbonyl (C=O) groups is 2. The van der Waals surface area contributed by atoms with Crippen molar-refractivity contribution >= 4 is 34.6 Å². The number of carbonyl (C=O) groups excluding carboxylic acids is 2. The van der Waals surface area contributed by atoms with E-state index in [2.05, 4.69) is 10.6 Å². The van der Waals surface area contributed by atoms with Crippen LogP contribution in [0.25, 0.3) is 0 Å². The number of aryl methyl sites for hydroxylation is 1. The lowest BCUT2D eigenvalue weighted by molar-refractivity contribution is 0.0997. The number of benzene rings is 4. The third-order valence-electron chi connectivity index (χ3n) is 6.28. The SMILES string of the molecule is Cc1cc(NC(=O)c2cccc(F)c2C)ccc1C(=O)N1c2ccccc2CNc2ccccc21.